The van der Waals surface area contributed by atoms with Crippen molar-refractivity contribution in [1.29, 1.82) is 0 Å². The van der Waals surface area contributed by atoms with Crippen LogP contribution in [0.1, 0.15) is 0 Å². The molecular formula is C12H9BrClNO2. The number of benzene rings is 1. The Morgan fingerprint density at radius 3 is 2.59 bits per heavy atom. The van der Waals surface area contributed by atoms with Gasteiger partial charge < -0.3 is 9.47 Å². The van der Waals surface area contributed by atoms with Gasteiger partial charge in [0, 0.05) is 27.8 Å². The summed E-state index contributed by atoms with van der Waals surface area (Å²) >= 11 is 9.24. The van der Waals surface area contributed by atoms with Gasteiger partial charge in [-0.3, -0.25) is 0 Å². The van der Waals surface area contributed by atoms with Crippen molar-refractivity contribution >= 4 is 27.5 Å². The summed E-state index contributed by atoms with van der Waals surface area (Å²) in [6.45, 7) is 0. The normalized spacial score (nSPS) is 10.1. The molecule has 88 valence electrons. The van der Waals surface area contributed by atoms with Crippen LogP contribution in [0.25, 0.3) is 0 Å². The van der Waals surface area contributed by atoms with E-state index in [1.54, 1.807) is 37.6 Å². The zero-order chi connectivity index (χ0) is 12.3. The predicted molar refractivity (Wildman–Crippen MR) is 70.0 cm³/mol. The third-order valence-electron chi connectivity index (χ3n) is 2.00. The number of halogens is 2. The van der Waals surface area contributed by atoms with Crippen molar-refractivity contribution in [2.45, 2.75) is 0 Å². The number of rotatable bonds is 3. The lowest BCUT2D eigenvalue weighted by molar-refractivity contribution is 0.407. The first kappa shape index (κ1) is 12.2. The van der Waals surface area contributed by atoms with Crippen LogP contribution in [0, 0.1) is 0 Å². The molecule has 17 heavy (non-hydrogen) atoms. The standard InChI is InChI=1S/C12H9BrClNO2/c1-16-10-4-9(14)5-11(6-10)17-12-3-2-8(13)7-15-12/h2-7H,1H3. The van der Waals surface area contributed by atoms with E-state index in [9.17, 15) is 0 Å². The van der Waals surface area contributed by atoms with Crippen LogP contribution in [0.4, 0.5) is 0 Å². The predicted octanol–water partition coefficient (Wildman–Crippen LogP) is 4.30. The highest BCUT2D eigenvalue weighted by Gasteiger charge is 2.03. The molecule has 0 amide bonds. The molecule has 0 atom stereocenters. The number of aromatic nitrogens is 1. The van der Waals surface area contributed by atoms with E-state index in [0.717, 1.165) is 4.47 Å². The first-order chi connectivity index (χ1) is 8.17. The second kappa shape index (κ2) is 5.38. The van der Waals surface area contributed by atoms with Crippen LogP contribution in [0.15, 0.2) is 41.0 Å². The van der Waals surface area contributed by atoms with Crippen LogP contribution in [0.5, 0.6) is 17.4 Å². The van der Waals surface area contributed by atoms with Crippen molar-refractivity contribution in [2.75, 3.05) is 7.11 Å². The van der Waals surface area contributed by atoms with E-state index >= 15 is 0 Å². The van der Waals surface area contributed by atoms with Crippen LogP contribution in [0.3, 0.4) is 0 Å². The van der Waals surface area contributed by atoms with Crippen molar-refractivity contribution in [3.8, 4) is 17.4 Å². The first-order valence-electron chi connectivity index (χ1n) is 4.81. The average Bonchev–Trinajstić information content (AvgIpc) is 2.31. The van der Waals surface area contributed by atoms with Crippen molar-refractivity contribution in [2.24, 2.45) is 0 Å². The largest absolute Gasteiger partial charge is 0.497 e. The van der Waals surface area contributed by atoms with E-state index in [0.29, 0.717) is 22.4 Å². The Balaban J connectivity index is 2.23. The number of pyridine rings is 1. The fourth-order valence-electron chi connectivity index (χ4n) is 1.26. The first-order valence-corrected chi connectivity index (χ1v) is 5.98. The molecule has 1 aromatic heterocycles. The molecule has 0 radical (unpaired) electrons. The summed E-state index contributed by atoms with van der Waals surface area (Å²) in [6.07, 6.45) is 1.66. The molecule has 2 rings (SSSR count). The molecule has 0 spiro atoms. The fraction of sp³-hybridized carbons (Fsp3) is 0.0833. The van der Waals surface area contributed by atoms with E-state index < -0.39 is 0 Å². The molecule has 1 aromatic carbocycles. The number of ether oxygens (including phenoxy) is 2. The Bertz CT molecular complexity index is 516. The topological polar surface area (TPSA) is 31.4 Å². The smallest absolute Gasteiger partial charge is 0.219 e. The molecule has 0 saturated carbocycles. The quantitative estimate of drug-likeness (QED) is 0.846. The maximum atomic E-state index is 5.93. The summed E-state index contributed by atoms with van der Waals surface area (Å²) in [4.78, 5) is 4.11. The molecule has 0 N–H and O–H groups in total. The molecule has 5 heteroatoms. The molecule has 2 aromatic rings. The summed E-state index contributed by atoms with van der Waals surface area (Å²) in [7, 11) is 1.58. The van der Waals surface area contributed by atoms with Gasteiger partial charge in [0.1, 0.15) is 11.5 Å². The molecule has 0 aliphatic carbocycles. The highest BCUT2D eigenvalue weighted by Crippen LogP contribution is 2.28. The fourth-order valence-corrected chi connectivity index (χ4v) is 1.71. The molecule has 0 unspecified atom stereocenters. The van der Waals surface area contributed by atoms with Crippen molar-refractivity contribution in [1.82, 2.24) is 4.98 Å². The Morgan fingerprint density at radius 2 is 1.94 bits per heavy atom. The minimum atomic E-state index is 0.498. The van der Waals surface area contributed by atoms with Crippen LogP contribution in [0.2, 0.25) is 5.02 Å². The highest BCUT2D eigenvalue weighted by atomic mass is 79.9. The molecule has 1 heterocycles. The van der Waals surface area contributed by atoms with Crippen molar-refractivity contribution in [3.05, 3.63) is 46.0 Å². The van der Waals surface area contributed by atoms with Crippen LogP contribution >= 0.6 is 27.5 Å². The Morgan fingerprint density at radius 1 is 1.18 bits per heavy atom. The molecule has 3 nitrogen and oxygen atoms in total. The maximum absolute atomic E-state index is 5.93. The molecule has 0 aliphatic heterocycles. The van der Waals surface area contributed by atoms with E-state index in [4.69, 9.17) is 21.1 Å². The lowest BCUT2D eigenvalue weighted by atomic mass is 10.3. The summed E-state index contributed by atoms with van der Waals surface area (Å²) in [5, 5.41) is 0.552. The third-order valence-corrected chi connectivity index (χ3v) is 2.69. The summed E-state index contributed by atoms with van der Waals surface area (Å²) < 4.78 is 11.6. The maximum Gasteiger partial charge on any atom is 0.219 e. The average molecular weight is 315 g/mol. The second-order valence-corrected chi connectivity index (χ2v) is 4.60. The van der Waals surface area contributed by atoms with E-state index in [1.165, 1.54) is 0 Å². The molecule has 0 bridgehead atoms. The molecule has 0 saturated heterocycles. The Hall–Kier alpha value is -1.26. The van der Waals surface area contributed by atoms with E-state index in [2.05, 4.69) is 20.9 Å². The molecule has 0 aliphatic rings. The monoisotopic (exact) mass is 313 g/mol. The molecule has 0 fully saturated rings. The summed E-state index contributed by atoms with van der Waals surface area (Å²) in [6, 6.07) is 8.77. The number of hydrogen-bond acceptors (Lipinski definition) is 3. The van der Waals surface area contributed by atoms with Crippen LogP contribution in [-0.4, -0.2) is 12.1 Å². The number of hydrogen-bond donors (Lipinski definition) is 0. The van der Waals surface area contributed by atoms with Gasteiger partial charge in [0.15, 0.2) is 0 Å². The van der Waals surface area contributed by atoms with Gasteiger partial charge in [0.25, 0.3) is 0 Å². The van der Waals surface area contributed by atoms with Crippen molar-refractivity contribution < 1.29 is 9.47 Å². The van der Waals surface area contributed by atoms with Crippen LogP contribution < -0.4 is 9.47 Å². The van der Waals surface area contributed by atoms with Crippen molar-refractivity contribution in [3.63, 3.8) is 0 Å². The summed E-state index contributed by atoms with van der Waals surface area (Å²) in [5.41, 5.74) is 0. The minimum absolute atomic E-state index is 0.498. The van der Waals surface area contributed by atoms with Gasteiger partial charge in [0.2, 0.25) is 5.88 Å². The zero-order valence-corrected chi connectivity index (χ0v) is 11.3. The van der Waals surface area contributed by atoms with Gasteiger partial charge in [-0.2, -0.15) is 0 Å². The lowest BCUT2D eigenvalue weighted by Gasteiger charge is -2.07. The van der Waals surface area contributed by atoms with E-state index in [-0.39, 0.29) is 0 Å². The Kier molecular flexibility index (Phi) is 3.86. The zero-order valence-electron chi connectivity index (χ0n) is 8.98. The SMILES string of the molecule is COc1cc(Cl)cc(Oc2ccc(Br)cn2)c1. The van der Waals surface area contributed by atoms with Gasteiger partial charge in [0.05, 0.1) is 7.11 Å². The lowest BCUT2D eigenvalue weighted by Crippen LogP contribution is -1.89. The van der Waals surface area contributed by atoms with Gasteiger partial charge in [-0.15, -0.1) is 0 Å². The van der Waals surface area contributed by atoms with Gasteiger partial charge >= 0.3 is 0 Å². The second-order valence-electron chi connectivity index (χ2n) is 3.24. The van der Waals surface area contributed by atoms with Gasteiger partial charge in [-0.1, -0.05) is 11.6 Å². The molecular weight excluding hydrogens is 305 g/mol. The van der Waals surface area contributed by atoms with Crippen LogP contribution in [-0.2, 0) is 0 Å². The summed E-state index contributed by atoms with van der Waals surface area (Å²) in [5.74, 6) is 1.73. The van der Waals surface area contributed by atoms with Gasteiger partial charge in [-0.25, -0.2) is 4.98 Å². The van der Waals surface area contributed by atoms with Gasteiger partial charge in [-0.05, 0) is 34.1 Å². The third kappa shape index (κ3) is 3.35. The highest BCUT2D eigenvalue weighted by molar-refractivity contribution is 9.10. The number of methoxy groups -OCH3 is 1. The van der Waals surface area contributed by atoms with E-state index in [1.807, 2.05) is 6.07 Å². The minimum Gasteiger partial charge on any atom is -0.497 e. The Labute approximate surface area is 112 Å². The number of nitrogens with zero attached hydrogens (tertiary/aromatic N) is 1.